The number of hydrogen-bond acceptors (Lipinski definition) is 3. The predicted molar refractivity (Wildman–Crippen MR) is 129 cm³/mol. The molecule has 0 heterocycles. The van der Waals surface area contributed by atoms with Gasteiger partial charge >= 0.3 is 0 Å². The Morgan fingerprint density at radius 3 is 2.53 bits per heavy atom. The van der Waals surface area contributed by atoms with Crippen LogP contribution in [0.15, 0.2) is 60.7 Å². The van der Waals surface area contributed by atoms with E-state index < -0.39 is 5.82 Å². The summed E-state index contributed by atoms with van der Waals surface area (Å²) >= 11 is 12.3. The van der Waals surface area contributed by atoms with Gasteiger partial charge in [0.25, 0.3) is 0 Å². The molecule has 1 amide bonds. The van der Waals surface area contributed by atoms with Crippen molar-refractivity contribution in [2.75, 3.05) is 10.6 Å². The first-order chi connectivity index (χ1) is 15.3. The molecular formula is C25H25Cl2FN2O2. The average Bonchev–Trinajstić information content (AvgIpc) is 2.72. The molecule has 0 aliphatic carbocycles. The number of hydrogen-bond donors (Lipinski definition) is 2. The van der Waals surface area contributed by atoms with Crippen LogP contribution in [0, 0.1) is 11.7 Å². The summed E-state index contributed by atoms with van der Waals surface area (Å²) in [6, 6.07) is 17.3. The molecule has 0 aliphatic heterocycles. The number of benzene rings is 3. The molecule has 7 heteroatoms. The highest BCUT2D eigenvalue weighted by molar-refractivity contribution is 6.31. The number of carbonyl (C=O) groups excluding carboxylic acids is 1. The third-order valence-corrected chi connectivity index (χ3v) is 5.27. The fourth-order valence-corrected chi connectivity index (χ4v) is 3.55. The molecule has 0 fully saturated rings. The second-order valence-electron chi connectivity index (χ2n) is 7.82. The van der Waals surface area contributed by atoms with Gasteiger partial charge in [-0.2, -0.15) is 0 Å². The van der Waals surface area contributed by atoms with Gasteiger partial charge in [0, 0.05) is 40.5 Å². The summed E-state index contributed by atoms with van der Waals surface area (Å²) in [5.41, 5.74) is 2.65. The number of rotatable bonds is 9. The topological polar surface area (TPSA) is 50.4 Å². The highest BCUT2D eigenvalue weighted by atomic mass is 35.5. The number of halogens is 3. The van der Waals surface area contributed by atoms with Gasteiger partial charge in [-0.15, -0.1) is 0 Å². The van der Waals surface area contributed by atoms with Crippen molar-refractivity contribution in [2.24, 2.45) is 5.92 Å². The molecule has 0 radical (unpaired) electrons. The van der Waals surface area contributed by atoms with E-state index in [0.717, 1.165) is 16.9 Å². The summed E-state index contributed by atoms with van der Waals surface area (Å²) in [6.07, 6.45) is 0.465. The van der Waals surface area contributed by atoms with E-state index in [4.69, 9.17) is 27.9 Å². The molecule has 3 aromatic carbocycles. The van der Waals surface area contributed by atoms with Crippen LogP contribution in [0.5, 0.6) is 5.75 Å². The minimum Gasteiger partial charge on any atom is -0.488 e. The zero-order chi connectivity index (χ0) is 23.1. The van der Waals surface area contributed by atoms with Crippen LogP contribution in [-0.4, -0.2) is 5.91 Å². The van der Waals surface area contributed by atoms with Crippen LogP contribution in [0.2, 0.25) is 10.0 Å². The Bertz CT molecular complexity index is 1070. The minimum absolute atomic E-state index is 0.00247. The molecule has 0 bridgehead atoms. The van der Waals surface area contributed by atoms with Crippen molar-refractivity contribution < 1.29 is 13.9 Å². The molecule has 168 valence electrons. The third-order valence-electron chi connectivity index (χ3n) is 4.68. The van der Waals surface area contributed by atoms with E-state index in [1.54, 1.807) is 30.3 Å². The maximum Gasteiger partial charge on any atom is 0.224 e. The van der Waals surface area contributed by atoms with E-state index in [9.17, 15) is 9.18 Å². The highest BCUT2D eigenvalue weighted by Crippen LogP contribution is 2.27. The smallest absolute Gasteiger partial charge is 0.224 e. The zero-order valence-corrected chi connectivity index (χ0v) is 19.4. The van der Waals surface area contributed by atoms with E-state index in [0.29, 0.717) is 34.3 Å². The maximum atomic E-state index is 14.1. The predicted octanol–water partition coefficient (Wildman–Crippen LogP) is 7.31. The molecule has 2 N–H and O–H groups in total. The summed E-state index contributed by atoms with van der Waals surface area (Å²) in [5, 5.41) is 7.10. The summed E-state index contributed by atoms with van der Waals surface area (Å²) < 4.78 is 19.9. The quantitative estimate of drug-likeness (QED) is 0.341. The number of anilines is 2. The van der Waals surface area contributed by atoms with Gasteiger partial charge in [-0.25, -0.2) is 4.39 Å². The van der Waals surface area contributed by atoms with Crippen molar-refractivity contribution in [3.05, 3.63) is 87.7 Å². The van der Waals surface area contributed by atoms with Crippen LogP contribution in [0.3, 0.4) is 0 Å². The van der Waals surface area contributed by atoms with Gasteiger partial charge in [-0.3, -0.25) is 4.79 Å². The lowest BCUT2D eigenvalue weighted by Gasteiger charge is -2.15. The SMILES string of the molecule is CC(C)CC(=O)Nc1cccc(NCc2cc(Cl)ccc2OCc2c(F)cccc2Cl)c1. The molecule has 0 atom stereocenters. The lowest BCUT2D eigenvalue weighted by atomic mass is 10.1. The first kappa shape index (κ1) is 23.9. The molecule has 32 heavy (non-hydrogen) atoms. The molecule has 3 aromatic rings. The Balaban J connectivity index is 1.68. The molecule has 0 aliphatic rings. The van der Waals surface area contributed by atoms with Crippen molar-refractivity contribution in [1.82, 2.24) is 0 Å². The Morgan fingerprint density at radius 1 is 1.03 bits per heavy atom. The average molecular weight is 475 g/mol. The van der Waals surface area contributed by atoms with Crippen LogP contribution in [0.4, 0.5) is 15.8 Å². The molecule has 0 aromatic heterocycles. The fourth-order valence-electron chi connectivity index (χ4n) is 3.13. The molecule has 0 spiro atoms. The second kappa shape index (κ2) is 11.2. The Kier molecular flexibility index (Phi) is 8.37. The monoisotopic (exact) mass is 474 g/mol. The maximum absolute atomic E-state index is 14.1. The van der Waals surface area contributed by atoms with Crippen LogP contribution in [-0.2, 0) is 17.9 Å². The number of carbonyl (C=O) groups is 1. The summed E-state index contributed by atoms with van der Waals surface area (Å²) in [7, 11) is 0. The molecule has 0 unspecified atom stereocenters. The Labute approximate surface area is 197 Å². The highest BCUT2D eigenvalue weighted by Gasteiger charge is 2.11. The van der Waals surface area contributed by atoms with Gasteiger partial charge in [0.15, 0.2) is 0 Å². The van der Waals surface area contributed by atoms with Crippen LogP contribution < -0.4 is 15.4 Å². The van der Waals surface area contributed by atoms with Crippen molar-refractivity contribution in [3.63, 3.8) is 0 Å². The lowest BCUT2D eigenvalue weighted by Crippen LogP contribution is -2.14. The lowest BCUT2D eigenvalue weighted by molar-refractivity contribution is -0.116. The largest absolute Gasteiger partial charge is 0.488 e. The Morgan fingerprint density at radius 2 is 1.78 bits per heavy atom. The molecule has 4 nitrogen and oxygen atoms in total. The first-order valence-electron chi connectivity index (χ1n) is 10.3. The van der Waals surface area contributed by atoms with Gasteiger partial charge in [0.2, 0.25) is 5.91 Å². The van der Waals surface area contributed by atoms with Gasteiger partial charge < -0.3 is 15.4 Å². The summed E-state index contributed by atoms with van der Waals surface area (Å²) in [4.78, 5) is 12.0. The number of nitrogens with one attached hydrogen (secondary N) is 2. The van der Waals surface area contributed by atoms with Crippen molar-refractivity contribution in [1.29, 1.82) is 0 Å². The minimum atomic E-state index is -0.414. The molecule has 3 rings (SSSR count). The van der Waals surface area contributed by atoms with Crippen molar-refractivity contribution in [3.8, 4) is 5.75 Å². The number of ether oxygens (including phenoxy) is 1. The standard InChI is InChI=1S/C25H25Cl2FN2O2/c1-16(2)11-25(31)30-20-6-3-5-19(13-20)29-14-17-12-18(26)9-10-24(17)32-15-21-22(27)7-4-8-23(21)28/h3-10,12-13,16,29H,11,14-15H2,1-2H3,(H,30,31). The van der Waals surface area contributed by atoms with E-state index in [2.05, 4.69) is 10.6 Å². The van der Waals surface area contributed by atoms with E-state index >= 15 is 0 Å². The third kappa shape index (κ3) is 6.87. The fraction of sp³-hybridized carbons (Fsp3) is 0.240. The first-order valence-corrected chi connectivity index (χ1v) is 11.1. The second-order valence-corrected chi connectivity index (χ2v) is 8.67. The van der Waals surface area contributed by atoms with Crippen molar-refractivity contribution in [2.45, 2.75) is 33.4 Å². The van der Waals surface area contributed by atoms with E-state index in [1.165, 1.54) is 6.07 Å². The summed E-state index contributed by atoms with van der Waals surface area (Å²) in [5.74, 6) is 0.427. The van der Waals surface area contributed by atoms with E-state index in [-0.39, 0.29) is 18.4 Å². The van der Waals surface area contributed by atoms with Gasteiger partial charge in [-0.05, 0) is 54.4 Å². The van der Waals surface area contributed by atoms with Crippen LogP contribution >= 0.6 is 23.2 Å². The molecule has 0 saturated carbocycles. The van der Waals surface area contributed by atoms with Crippen molar-refractivity contribution >= 4 is 40.5 Å². The Hall–Kier alpha value is -2.76. The van der Waals surface area contributed by atoms with Crippen LogP contribution in [0.25, 0.3) is 0 Å². The van der Waals surface area contributed by atoms with E-state index in [1.807, 2.05) is 38.1 Å². The normalized spacial score (nSPS) is 10.8. The molecular weight excluding hydrogens is 450 g/mol. The zero-order valence-electron chi connectivity index (χ0n) is 17.9. The van der Waals surface area contributed by atoms with Crippen LogP contribution in [0.1, 0.15) is 31.4 Å². The number of amides is 1. The molecule has 0 saturated heterocycles. The summed E-state index contributed by atoms with van der Waals surface area (Å²) in [6.45, 7) is 4.42. The van der Waals surface area contributed by atoms with Gasteiger partial charge in [0.05, 0.1) is 5.02 Å². The van der Waals surface area contributed by atoms with Gasteiger partial charge in [0.1, 0.15) is 18.2 Å². The van der Waals surface area contributed by atoms with Gasteiger partial charge in [-0.1, -0.05) is 49.2 Å².